The Bertz CT molecular complexity index is 2510. The van der Waals surface area contributed by atoms with Gasteiger partial charge in [-0.3, -0.25) is 0 Å². The molecule has 0 aromatic rings. The fraction of sp³-hybridized carbons (Fsp3) is 0.726. The summed E-state index contributed by atoms with van der Waals surface area (Å²) in [5.41, 5.74) is 7.55. The molecule has 0 spiro atoms. The van der Waals surface area contributed by atoms with Gasteiger partial charge in [-0.25, -0.2) is 0 Å². The zero-order valence-corrected chi connectivity index (χ0v) is 103. The molecule has 15 aliphatic rings. The summed E-state index contributed by atoms with van der Waals surface area (Å²) in [6.07, 6.45) is 52.9. The van der Waals surface area contributed by atoms with Crippen LogP contribution in [0.2, 0.25) is 0 Å². The van der Waals surface area contributed by atoms with Crippen molar-refractivity contribution < 1.29 is 104 Å². The van der Waals surface area contributed by atoms with Gasteiger partial charge in [0.15, 0.2) is 0 Å². The first-order chi connectivity index (χ1) is 47.1. The van der Waals surface area contributed by atoms with Crippen LogP contribution in [0.25, 0.3) is 0 Å². The summed E-state index contributed by atoms with van der Waals surface area (Å²) in [4.78, 5) is 0. The second-order valence-electron chi connectivity index (χ2n) is 43.4. The molecule has 4 heteroatoms. The summed E-state index contributed by atoms with van der Waals surface area (Å²) in [7, 11) is 0. The minimum absolute atomic E-state index is 0. The molecule has 0 aromatic heterocycles. The molecule has 0 aliphatic heterocycles. The van der Waals surface area contributed by atoms with Crippen molar-refractivity contribution in [2.45, 2.75) is 317 Å². The predicted octanol–water partition coefficient (Wildman–Crippen LogP) is 37.6. The Morgan fingerprint density at radius 1 is 0.264 bits per heavy atom. The third-order valence-corrected chi connectivity index (χ3v) is 35.2. The molecule has 0 bridgehead atoms. The molecule has 15 atom stereocenters. The molecule has 0 saturated heterocycles. The van der Waals surface area contributed by atoms with Crippen LogP contribution in [0.3, 0.4) is 0 Å². The van der Waals surface area contributed by atoms with E-state index >= 15 is 0 Å². The Kier molecular flexibility index (Phi) is 81.1. The Hall–Kier alpha value is 1.43. The van der Waals surface area contributed by atoms with E-state index in [0.717, 1.165) is 207 Å². The van der Waals surface area contributed by atoms with Gasteiger partial charge in [0.25, 0.3) is 0 Å². The number of rotatable bonds is 1. The van der Waals surface area contributed by atoms with Crippen LogP contribution >= 0.6 is 0 Å². The molecule has 15 unspecified atom stereocenters. The van der Waals surface area contributed by atoms with E-state index in [-0.39, 0.29) is 234 Å². The molecular formula is C117H220Hf2Zr2. The van der Waals surface area contributed by atoms with Gasteiger partial charge in [-0.05, 0) is 329 Å². The quantitative estimate of drug-likeness (QED) is 0.181. The number of hydrogen-bond donors (Lipinski definition) is 0. The predicted molar refractivity (Wildman–Crippen MR) is 551 cm³/mol. The molecule has 0 amide bonds. The largest absolute Gasteiger partial charge is 4.00 e. The molecule has 0 aromatic carbocycles. The maximum atomic E-state index is 2.62. The zero-order valence-electron chi connectivity index (χ0n) is 90.9. The van der Waals surface area contributed by atoms with Gasteiger partial charge in [-0.2, -0.15) is 0 Å². The third-order valence-electron chi connectivity index (χ3n) is 35.2. The minimum Gasteiger partial charge on any atom is -0.358 e. The second kappa shape index (κ2) is 65.1. The van der Waals surface area contributed by atoms with E-state index in [2.05, 4.69) is 288 Å². The fourth-order valence-corrected chi connectivity index (χ4v) is 24.7. The van der Waals surface area contributed by atoms with Gasteiger partial charge in [0.05, 0.1) is 0 Å². The Balaban J connectivity index is -0.0000000993. The molecular weight excluding hydrogens is 1940 g/mol. The fourth-order valence-electron chi connectivity index (χ4n) is 24.7. The van der Waals surface area contributed by atoms with Crippen LogP contribution < -0.4 is 0 Å². The van der Waals surface area contributed by atoms with E-state index in [9.17, 15) is 0 Å². The minimum atomic E-state index is 0. The smallest absolute Gasteiger partial charge is 0.358 e. The number of fused-ring (bicyclic) bond motifs is 8. The molecule has 704 valence electrons. The standard InChI is InChI=1S/C21H30.C17H30.C13H18.C10H14.4C10H20.16CH3.2Hf.2Zr/c1-20(2,3)16-7-9-18-14(12-16)11-15-13-17(21(4,5)6)8-10-19(15)18;1-17(2,3)11-15-8-7-14-9-12-5-4-6-13(12)10-16(14)15;1-9-5-6-12-7-10-3-2-4-11(10)8-13(9)12;1-8-6-7-9-4-2-3-5-10(8)9;4*1-6-7(2)9(4)10(5)8(6)3;;;;;;;;;;;;;;;;;;;;/h7-10,12-15,18-19H,11H2,1-6H3;12-16H,4-11H2,1-3H3;7-9,12-13H,2-6H2,1H3;2-5,8-10H,6-7H2,1H3;4*6-10H,1-5H3;16*1H3;;;;/q;;;;;;;;16*-1;4*+4. The van der Waals surface area contributed by atoms with Crippen molar-refractivity contribution in [1.29, 1.82) is 0 Å². The SMILES string of the molecule is CC(C)(C)C1=CC2CC3C=C(C(C)(C)C)C=CC3C2C=C1.CC(C)(C)CC1CCC2CC3CCCC3CC21.CC1C(C)C(C)C(C)C1C.CC1C(C)C(C)C(C)C1C.CC1C(C)C(C)C(C)C1C.CC1C(C)C(C)C(C)C1C.CC1CCC2C=C3CCCC3=CC12.CC1CCC2C=CC=CC12.[CH3-].[CH3-].[CH3-].[CH3-].[CH3-].[CH3-].[CH3-].[CH3-].[CH3-].[CH3-].[CH3-].[CH3-].[CH3-].[CH3-].[CH3-].[CH3-].[Hf+4].[Hf+4].[Zr+4].[Zr+4]. The average Bonchev–Trinajstić information content (AvgIpc) is 1.62. The summed E-state index contributed by atoms with van der Waals surface area (Å²) in [5.74, 6) is 32.6. The molecule has 15 aliphatic carbocycles. The monoisotopic (exact) mass is 2170 g/mol. The van der Waals surface area contributed by atoms with Gasteiger partial charge in [0.1, 0.15) is 0 Å². The topological polar surface area (TPSA) is 0 Å². The van der Waals surface area contributed by atoms with Crippen LogP contribution in [0.5, 0.6) is 0 Å². The van der Waals surface area contributed by atoms with E-state index < -0.39 is 0 Å². The van der Waals surface area contributed by atoms with Crippen molar-refractivity contribution in [3.63, 3.8) is 0 Å². The summed E-state index contributed by atoms with van der Waals surface area (Å²) >= 11 is 0. The number of hydrogen-bond acceptors (Lipinski definition) is 0. The van der Waals surface area contributed by atoms with E-state index in [4.69, 9.17) is 0 Å². The molecule has 0 nitrogen and oxygen atoms in total. The van der Waals surface area contributed by atoms with Crippen LogP contribution in [0.1, 0.15) is 317 Å². The van der Waals surface area contributed by atoms with Crippen LogP contribution in [0.15, 0.2) is 95.2 Å². The summed E-state index contributed by atoms with van der Waals surface area (Å²) in [6, 6.07) is 0. The molecule has 121 heavy (non-hydrogen) atoms. The molecule has 0 heterocycles. The van der Waals surface area contributed by atoms with Crippen molar-refractivity contribution in [2.75, 3.05) is 0 Å². The molecule has 11 fully saturated rings. The van der Waals surface area contributed by atoms with Gasteiger partial charge in [-0.1, -0.05) is 307 Å². The van der Waals surface area contributed by atoms with Crippen molar-refractivity contribution in [3.8, 4) is 0 Å². The Morgan fingerprint density at radius 2 is 0.562 bits per heavy atom. The third kappa shape index (κ3) is 37.7. The van der Waals surface area contributed by atoms with Crippen molar-refractivity contribution in [2.24, 2.45) is 223 Å². The molecule has 0 N–H and O–H groups in total. The van der Waals surface area contributed by atoms with Crippen LogP contribution in [0.4, 0.5) is 0 Å². The van der Waals surface area contributed by atoms with Crippen molar-refractivity contribution >= 4 is 0 Å². The summed E-state index contributed by atoms with van der Waals surface area (Å²) in [6.45, 7) is 74.0. The van der Waals surface area contributed by atoms with Crippen molar-refractivity contribution in [1.82, 2.24) is 0 Å². The van der Waals surface area contributed by atoms with E-state index in [1.54, 1.807) is 56.1 Å². The van der Waals surface area contributed by atoms with Crippen molar-refractivity contribution in [3.05, 3.63) is 214 Å². The van der Waals surface area contributed by atoms with E-state index in [1.807, 2.05) is 0 Å². The summed E-state index contributed by atoms with van der Waals surface area (Å²) in [5, 5.41) is 0. The van der Waals surface area contributed by atoms with Gasteiger partial charge in [0.2, 0.25) is 0 Å². The summed E-state index contributed by atoms with van der Waals surface area (Å²) < 4.78 is 0. The molecule has 11 saturated carbocycles. The molecule has 15 rings (SSSR count). The molecule has 0 radical (unpaired) electrons. The first-order valence-electron chi connectivity index (χ1n) is 44.7. The maximum Gasteiger partial charge on any atom is 4.00 e. The zero-order chi connectivity index (χ0) is 74.8. The first-order valence-corrected chi connectivity index (χ1v) is 44.7. The van der Waals surface area contributed by atoms with Gasteiger partial charge < -0.3 is 119 Å². The Labute approximate surface area is 850 Å². The van der Waals surface area contributed by atoms with Gasteiger partial charge in [-0.15, -0.1) is 0 Å². The Morgan fingerprint density at radius 3 is 0.876 bits per heavy atom. The van der Waals surface area contributed by atoms with Crippen LogP contribution in [0, 0.1) is 342 Å². The second-order valence-corrected chi connectivity index (χ2v) is 43.4. The van der Waals surface area contributed by atoms with Gasteiger partial charge in [0, 0.05) is 0 Å². The van der Waals surface area contributed by atoms with Crippen LogP contribution in [-0.4, -0.2) is 0 Å². The normalized spacial score (nSPS) is 39.0. The maximum absolute atomic E-state index is 2.62. The van der Waals surface area contributed by atoms with Crippen LogP contribution in [-0.2, 0) is 104 Å². The van der Waals surface area contributed by atoms with E-state index in [0.29, 0.717) is 5.41 Å². The van der Waals surface area contributed by atoms with Gasteiger partial charge >= 0.3 is 104 Å². The number of allylic oxidation sites excluding steroid dienone is 16. The van der Waals surface area contributed by atoms with E-state index in [1.165, 1.54) is 68.9 Å². The average molecular weight is 2170 g/mol. The first kappa shape index (κ1) is 151.